The van der Waals surface area contributed by atoms with Gasteiger partial charge in [-0.25, -0.2) is 4.79 Å². The van der Waals surface area contributed by atoms with Crippen LogP contribution in [0.2, 0.25) is 0 Å². The molecule has 0 saturated heterocycles. The molecule has 4 nitrogen and oxygen atoms in total. The number of rotatable bonds is 6. The second-order valence-corrected chi connectivity index (χ2v) is 4.91. The van der Waals surface area contributed by atoms with E-state index in [-0.39, 0.29) is 29.4 Å². The van der Waals surface area contributed by atoms with Crippen molar-refractivity contribution >= 4 is 5.97 Å². The molecule has 0 spiro atoms. The third-order valence-corrected chi connectivity index (χ3v) is 3.46. The minimum Gasteiger partial charge on any atom is -0.507 e. The van der Waals surface area contributed by atoms with Crippen LogP contribution in [-0.4, -0.2) is 28.9 Å². The smallest absolute Gasteiger partial charge is 0.338 e. The SMILES string of the molecule is C=C1C(O)=C(C(=O)OCC)[C@H](CC/C=C\CC)C[C@H]1O. The Hall–Kier alpha value is -1.55. The fourth-order valence-corrected chi connectivity index (χ4v) is 2.37. The standard InChI is InChI=1S/C16H24O4/c1-4-6-7-8-9-12-10-13(17)11(3)15(18)14(12)16(19)20-5-2/h6-7,12-13,17-18H,3-5,8-10H2,1-2H3/b7-6-/t12-,13-/m1/s1. The zero-order valence-electron chi connectivity index (χ0n) is 12.3. The highest BCUT2D eigenvalue weighted by molar-refractivity contribution is 5.90. The number of aliphatic hydroxyl groups excluding tert-OH is 2. The highest BCUT2D eigenvalue weighted by atomic mass is 16.5. The molecule has 20 heavy (non-hydrogen) atoms. The number of carbonyl (C=O) groups excluding carboxylic acids is 1. The van der Waals surface area contributed by atoms with Gasteiger partial charge in [-0.3, -0.25) is 0 Å². The summed E-state index contributed by atoms with van der Waals surface area (Å²) in [6.07, 6.45) is 6.18. The van der Waals surface area contributed by atoms with Crippen molar-refractivity contribution in [1.29, 1.82) is 0 Å². The predicted molar refractivity (Wildman–Crippen MR) is 78.2 cm³/mol. The van der Waals surface area contributed by atoms with E-state index in [2.05, 4.69) is 25.7 Å². The number of hydrogen-bond acceptors (Lipinski definition) is 4. The van der Waals surface area contributed by atoms with Crippen molar-refractivity contribution in [2.45, 2.75) is 45.6 Å². The second-order valence-electron chi connectivity index (χ2n) is 4.91. The van der Waals surface area contributed by atoms with E-state index in [1.807, 2.05) is 0 Å². The van der Waals surface area contributed by atoms with Crippen LogP contribution < -0.4 is 0 Å². The van der Waals surface area contributed by atoms with Crippen LogP contribution in [0.3, 0.4) is 0 Å². The number of hydrogen-bond donors (Lipinski definition) is 2. The lowest BCUT2D eigenvalue weighted by atomic mass is 9.80. The molecule has 0 aromatic heterocycles. The highest BCUT2D eigenvalue weighted by Crippen LogP contribution is 2.35. The lowest BCUT2D eigenvalue weighted by Gasteiger charge is -2.29. The van der Waals surface area contributed by atoms with Gasteiger partial charge in [-0.1, -0.05) is 25.7 Å². The van der Waals surface area contributed by atoms with Crippen LogP contribution in [0.4, 0.5) is 0 Å². The van der Waals surface area contributed by atoms with Gasteiger partial charge in [-0.15, -0.1) is 0 Å². The summed E-state index contributed by atoms with van der Waals surface area (Å²) in [4.78, 5) is 12.0. The number of carbonyl (C=O) groups is 1. The van der Waals surface area contributed by atoms with Crippen LogP contribution >= 0.6 is 0 Å². The molecule has 0 aromatic carbocycles. The molecular weight excluding hydrogens is 256 g/mol. The van der Waals surface area contributed by atoms with Crippen molar-refractivity contribution in [1.82, 2.24) is 0 Å². The molecule has 0 amide bonds. The van der Waals surface area contributed by atoms with Crippen LogP contribution in [0.15, 0.2) is 35.6 Å². The van der Waals surface area contributed by atoms with Crippen LogP contribution in [-0.2, 0) is 9.53 Å². The summed E-state index contributed by atoms with van der Waals surface area (Å²) in [5.41, 5.74) is 0.459. The second kappa shape index (κ2) is 7.90. The van der Waals surface area contributed by atoms with Crippen LogP contribution in [0.5, 0.6) is 0 Å². The summed E-state index contributed by atoms with van der Waals surface area (Å²) in [7, 11) is 0. The Morgan fingerprint density at radius 2 is 2.15 bits per heavy atom. The Bertz CT molecular complexity index is 420. The first-order valence-electron chi connectivity index (χ1n) is 7.15. The van der Waals surface area contributed by atoms with Crippen molar-refractivity contribution in [3.63, 3.8) is 0 Å². The molecule has 4 heteroatoms. The van der Waals surface area contributed by atoms with Gasteiger partial charge in [0.15, 0.2) is 0 Å². The molecule has 1 rings (SSSR count). The van der Waals surface area contributed by atoms with E-state index in [9.17, 15) is 15.0 Å². The summed E-state index contributed by atoms with van der Waals surface area (Å²) < 4.78 is 5.00. The van der Waals surface area contributed by atoms with E-state index in [0.29, 0.717) is 12.8 Å². The Labute approximate surface area is 120 Å². The molecule has 0 unspecified atom stereocenters. The van der Waals surface area contributed by atoms with Crippen LogP contribution in [0.25, 0.3) is 0 Å². The first kappa shape index (κ1) is 16.5. The molecule has 112 valence electrons. The van der Waals surface area contributed by atoms with E-state index in [0.717, 1.165) is 12.8 Å². The third-order valence-electron chi connectivity index (χ3n) is 3.46. The van der Waals surface area contributed by atoms with Gasteiger partial charge in [0.1, 0.15) is 5.76 Å². The van der Waals surface area contributed by atoms with Crippen molar-refractivity contribution in [3.8, 4) is 0 Å². The quantitative estimate of drug-likeness (QED) is 0.579. The molecular formula is C16H24O4. The molecule has 0 aromatic rings. The fourth-order valence-electron chi connectivity index (χ4n) is 2.37. The minimum atomic E-state index is -0.798. The molecule has 0 aliphatic heterocycles. The van der Waals surface area contributed by atoms with Crippen molar-refractivity contribution in [2.24, 2.45) is 5.92 Å². The van der Waals surface area contributed by atoms with E-state index in [4.69, 9.17) is 4.74 Å². The number of esters is 1. The maximum Gasteiger partial charge on any atom is 0.338 e. The van der Waals surface area contributed by atoms with Crippen LogP contribution in [0, 0.1) is 5.92 Å². The summed E-state index contributed by atoms with van der Waals surface area (Å²) in [6.45, 7) is 7.67. The molecule has 0 fully saturated rings. The van der Waals surface area contributed by atoms with Gasteiger partial charge >= 0.3 is 5.97 Å². The summed E-state index contributed by atoms with van der Waals surface area (Å²) >= 11 is 0. The zero-order chi connectivity index (χ0) is 15.1. The molecule has 0 bridgehead atoms. The molecule has 0 heterocycles. The lowest BCUT2D eigenvalue weighted by Crippen LogP contribution is -2.29. The first-order chi connectivity index (χ1) is 9.52. The Morgan fingerprint density at radius 3 is 2.75 bits per heavy atom. The molecule has 0 radical (unpaired) electrons. The van der Waals surface area contributed by atoms with E-state index in [1.165, 1.54) is 0 Å². The normalized spacial score (nSPS) is 23.4. The van der Waals surface area contributed by atoms with Gasteiger partial charge in [-0.05, 0) is 38.5 Å². The summed E-state index contributed by atoms with van der Waals surface area (Å²) in [5, 5.41) is 20.0. The fraction of sp³-hybridized carbons (Fsp3) is 0.562. The monoisotopic (exact) mass is 280 g/mol. The zero-order valence-corrected chi connectivity index (χ0v) is 12.3. The predicted octanol–water partition coefficient (Wildman–Crippen LogP) is 3.05. The van der Waals surface area contributed by atoms with Gasteiger partial charge in [0.05, 0.1) is 18.3 Å². The minimum absolute atomic E-state index is 0.198. The maximum atomic E-state index is 12.0. The average molecular weight is 280 g/mol. The van der Waals surface area contributed by atoms with E-state index >= 15 is 0 Å². The first-order valence-corrected chi connectivity index (χ1v) is 7.15. The van der Waals surface area contributed by atoms with Crippen molar-refractivity contribution in [3.05, 3.63) is 35.6 Å². The molecule has 0 saturated carbocycles. The van der Waals surface area contributed by atoms with E-state index in [1.54, 1.807) is 6.92 Å². The van der Waals surface area contributed by atoms with Gasteiger partial charge in [-0.2, -0.15) is 0 Å². The molecule has 2 N–H and O–H groups in total. The lowest BCUT2D eigenvalue weighted by molar-refractivity contribution is -0.139. The topological polar surface area (TPSA) is 66.8 Å². The Morgan fingerprint density at radius 1 is 1.45 bits per heavy atom. The highest BCUT2D eigenvalue weighted by Gasteiger charge is 2.35. The van der Waals surface area contributed by atoms with Crippen molar-refractivity contribution in [2.75, 3.05) is 6.61 Å². The Balaban J connectivity index is 2.91. The van der Waals surface area contributed by atoms with Gasteiger partial charge < -0.3 is 14.9 Å². The molecule has 2 atom stereocenters. The molecule has 1 aliphatic carbocycles. The average Bonchev–Trinajstić information content (AvgIpc) is 2.41. The summed E-state index contributed by atoms with van der Waals surface area (Å²) in [5.74, 6) is -0.912. The van der Waals surface area contributed by atoms with Gasteiger partial charge in [0.2, 0.25) is 0 Å². The third kappa shape index (κ3) is 3.97. The largest absolute Gasteiger partial charge is 0.507 e. The number of aliphatic hydroxyl groups is 2. The Kier molecular flexibility index (Phi) is 6.52. The van der Waals surface area contributed by atoms with Gasteiger partial charge in [0, 0.05) is 5.57 Å². The number of allylic oxidation sites excluding steroid dienone is 2. The summed E-state index contributed by atoms with van der Waals surface area (Å²) in [6, 6.07) is 0. The number of ether oxygens (including phenoxy) is 1. The van der Waals surface area contributed by atoms with Crippen molar-refractivity contribution < 1.29 is 19.7 Å². The maximum absolute atomic E-state index is 12.0. The molecule has 1 aliphatic rings. The van der Waals surface area contributed by atoms with E-state index < -0.39 is 12.1 Å². The van der Waals surface area contributed by atoms with Gasteiger partial charge in [0.25, 0.3) is 0 Å². The van der Waals surface area contributed by atoms with Crippen LogP contribution in [0.1, 0.15) is 39.5 Å².